The van der Waals surface area contributed by atoms with Gasteiger partial charge in [0.1, 0.15) is 11.8 Å². The fourth-order valence-corrected chi connectivity index (χ4v) is 3.32. The minimum atomic E-state index is -4.45. The van der Waals surface area contributed by atoms with E-state index in [1.54, 1.807) is 4.90 Å². The Labute approximate surface area is 138 Å². The van der Waals surface area contributed by atoms with Gasteiger partial charge in [-0.3, -0.25) is 9.48 Å². The zero-order valence-electron chi connectivity index (χ0n) is 13.5. The molecule has 0 N–H and O–H groups in total. The molecule has 2 aliphatic heterocycles. The lowest BCUT2D eigenvalue weighted by Gasteiger charge is -2.37. The molecule has 2 aliphatic rings. The molecule has 134 valence electrons. The van der Waals surface area contributed by atoms with Crippen molar-refractivity contribution in [1.82, 2.24) is 19.6 Å². The second kappa shape index (κ2) is 6.72. The summed E-state index contributed by atoms with van der Waals surface area (Å²) in [6.07, 6.45) is -2.61. The summed E-state index contributed by atoms with van der Waals surface area (Å²) in [4.78, 5) is 16.2. The molecule has 6 nitrogen and oxygen atoms in total. The molecule has 9 heteroatoms. The first kappa shape index (κ1) is 17.2. The summed E-state index contributed by atoms with van der Waals surface area (Å²) in [6, 6.07) is 0.510. The largest absolute Gasteiger partial charge is 0.433 e. The van der Waals surface area contributed by atoms with Crippen LogP contribution in [0.1, 0.15) is 24.6 Å². The van der Waals surface area contributed by atoms with Gasteiger partial charge >= 0.3 is 6.18 Å². The first-order valence-electron chi connectivity index (χ1n) is 8.06. The number of piperidine rings is 1. The number of carbonyl (C=O) groups is 1. The SMILES string of the molecule is CN1CCO[C@H](C(=O)N2CCC[C@@H](n3nccc3C(F)(F)F)C2)C1. The number of hydrogen-bond acceptors (Lipinski definition) is 4. The van der Waals surface area contributed by atoms with E-state index >= 15 is 0 Å². The fraction of sp³-hybridized carbons (Fsp3) is 0.733. The number of carbonyl (C=O) groups excluding carboxylic acids is 1. The number of halogens is 3. The lowest BCUT2D eigenvalue weighted by Crippen LogP contribution is -2.52. The summed E-state index contributed by atoms with van der Waals surface area (Å²) in [5.41, 5.74) is -0.768. The molecule has 1 aromatic rings. The molecule has 0 bridgehead atoms. The fourth-order valence-electron chi connectivity index (χ4n) is 3.32. The maximum Gasteiger partial charge on any atom is 0.433 e. The van der Waals surface area contributed by atoms with Gasteiger partial charge in [-0.25, -0.2) is 0 Å². The summed E-state index contributed by atoms with van der Waals surface area (Å²) in [5, 5.41) is 3.84. The van der Waals surface area contributed by atoms with Crippen molar-refractivity contribution in [3.05, 3.63) is 18.0 Å². The van der Waals surface area contributed by atoms with Crippen LogP contribution in [0, 0.1) is 0 Å². The van der Waals surface area contributed by atoms with Gasteiger partial charge < -0.3 is 14.5 Å². The second-order valence-corrected chi connectivity index (χ2v) is 6.36. The predicted octanol–water partition coefficient (Wildman–Crippen LogP) is 1.40. The van der Waals surface area contributed by atoms with Crippen molar-refractivity contribution in [2.75, 3.05) is 39.8 Å². The predicted molar refractivity (Wildman–Crippen MR) is 79.3 cm³/mol. The number of alkyl halides is 3. The number of morpholine rings is 1. The average molecular weight is 346 g/mol. The molecule has 0 spiro atoms. The van der Waals surface area contributed by atoms with E-state index < -0.39 is 24.0 Å². The molecule has 1 aromatic heterocycles. The van der Waals surface area contributed by atoms with Gasteiger partial charge in [-0.15, -0.1) is 0 Å². The van der Waals surface area contributed by atoms with Crippen LogP contribution in [0.4, 0.5) is 13.2 Å². The van der Waals surface area contributed by atoms with Crippen LogP contribution in [0.15, 0.2) is 12.3 Å². The molecule has 2 fully saturated rings. The molecule has 0 unspecified atom stereocenters. The van der Waals surface area contributed by atoms with Crippen molar-refractivity contribution in [1.29, 1.82) is 0 Å². The Morgan fingerprint density at radius 1 is 1.33 bits per heavy atom. The third-order valence-corrected chi connectivity index (χ3v) is 4.56. The molecular formula is C15H21F3N4O2. The molecule has 0 aromatic carbocycles. The van der Waals surface area contributed by atoms with Crippen molar-refractivity contribution < 1.29 is 22.7 Å². The first-order valence-corrected chi connectivity index (χ1v) is 8.06. The van der Waals surface area contributed by atoms with Gasteiger partial charge in [0.05, 0.1) is 12.6 Å². The van der Waals surface area contributed by atoms with E-state index in [-0.39, 0.29) is 12.5 Å². The van der Waals surface area contributed by atoms with Crippen LogP contribution in [-0.2, 0) is 15.7 Å². The summed E-state index contributed by atoms with van der Waals surface area (Å²) in [6.45, 7) is 2.54. The quantitative estimate of drug-likeness (QED) is 0.812. The minimum absolute atomic E-state index is 0.146. The number of nitrogens with zero attached hydrogens (tertiary/aromatic N) is 4. The van der Waals surface area contributed by atoms with Crippen LogP contribution >= 0.6 is 0 Å². The zero-order valence-corrected chi connectivity index (χ0v) is 13.5. The third-order valence-electron chi connectivity index (χ3n) is 4.56. The highest BCUT2D eigenvalue weighted by Crippen LogP contribution is 2.33. The molecule has 0 radical (unpaired) electrons. The molecule has 3 rings (SSSR count). The third kappa shape index (κ3) is 3.56. The Bertz CT molecular complexity index is 590. The lowest BCUT2D eigenvalue weighted by molar-refractivity contribution is -0.151. The number of amides is 1. The molecule has 3 heterocycles. The van der Waals surface area contributed by atoms with Gasteiger partial charge in [-0.2, -0.15) is 18.3 Å². The first-order chi connectivity index (χ1) is 11.4. The lowest BCUT2D eigenvalue weighted by atomic mass is 10.0. The van der Waals surface area contributed by atoms with Gasteiger partial charge in [0.25, 0.3) is 5.91 Å². The Hall–Kier alpha value is -1.61. The van der Waals surface area contributed by atoms with E-state index in [0.717, 1.165) is 23.5 Å². The number of ether oxygens (including phenoxy) is 1. The van der Waals surface area contributed by atoms with Crippen LogP contribution in [0.3, 0.4) is 0 Å². The van der Waals surface area contributed by atoms with E-state index in [1.165, 1.54) is 0 Å². The normalized spacial score (nSPS) is 26.6. The highest BCUT2D eigenvalue weighted by molar-refractivity contribution is 5.81. The van der Waals surface area contributed by atoms with Gasteiger partial charge in [-0.05, 0) is 26.0 Å². The number of rotatable bonds is 2. The van der Waals surface area contributed by atoms with Crippen LogP contribution in [-0.4, -0.2) is 71.4 Å². The van der Waals surface area contributed by atoms with E-state index in [1.807, 2.05) is 11.9 Å². The molecule has 1 amide bonds. The van der Waals surface area contributed by atoms with Crippen LogP contribution < -0.4 is 0 Å². The Kier molecular flexibility index (Phi) is 4.82. The summed E-state index contributed by atoms with van der Waals surface area (Å²) >= 11 is 0. The van der Waals surface area contributed by atoms with Crippen LogP contribution in [0.25, 0.3) is 0 Å². The van der Waals surface area contributed by atoms with Crippen molar-refractivity contribution in [2.24, 2.45) is 0 Å². The van der Waals surface area contributed by atoms with E-state index in [2.05, 4.69) is 5.10 Å². The zero-order chi connectivity index (χ0) is 17.3. The van der Waals surface area contributed by atoms with Gasteiger partial charge in [-0.1, -0.05) is 0 Å². The van der Waals surface area contributed by atoms with Crippen molar-refractivity contribution >= 4 is 5.91 Å². The highest BCUT2D eigenvalue weighted by atomic mass is 19.4. The van der Waals surface area contributed by atoms with Gasteiger partial charge in [0.15, 0.2) is 0 Å². The monoisotopic (exact) mass is 346 g/mol. The van der Waals surface area contributed by atoms with Crippen molar-refractivity contribution in [3.63, 3.8) is 0 Å². The van der Waals surface area contributed by atoms with Crippen LogP contribution in [0.2, 0.25) is 0 Å². The molecule has 0 saturated carbocycles. The maximum atomic E-state index is 13.1. The molecule has 2 atom stereocenters. The highest BCUT2D eigenvalue weighted by Gasteiger charge is 2.38. The number of likely N-dealkylation sites (N-methyl/N-ethyl adjacent to an activating group) is 1. The van der Waals surface area contributed by atoms with Crippen LogP contribution in [0.5, 0.6) is 0 Å². The topological polar surface area (TPSA) is 50.6 Å². The molecule has 24 heavy (non-hydrogen) atoms. The number of aromatic nitrogens is 2. The maximum absolute atomic E-state index is 13.1. The molecular weight excluding hydrogens is 325 g/mol. The Morgan fingerprint density at radius 3 is 2.83 bits per heavy atom. The number of hydrogen-bond donors (Lipinski definition) is 0. The summed E-state index contributed by atoms with van der Waals surface area (Å²) in [7, 11) is 1.92. The standard InChI is InChI=1S/C15H21F3N4O2/c1-20-7-8-24-12(10-20)14(23)21-6-2-3-11(9-21)22-13(4-5-19-22)15(16,17)18/h4-5,11-12H,2-3,6-10H2,1H3/t11-,12+/m1/s1. The molecule has 0 aliphatic carbocycles. The average Bonchev–Trinajstić information content (AvgIpc) is 3.04. The van der Waals surface area contributed by atoms with E-state index in [4.69, 9.17) is 4.74 Å². The van der Waals surface area contributed by atoms with E-state index in [9.17, 15) is 18.0 Å². The van der Waals surface area contributed by atoms with Crippen molar-refractivity contribution in [3.8, 4) is 0 Å². The Morgan fingerprint density at radius 2 is 2.12 bits per heavy atom. The minimum Gasteiger partial charge on any atom is -0.366 e. The Balaban J connectivity index is 1.71. The number of likely N-dealkylation sites (tertiary alicyclic amines) is 1. The summed E-state index contributed by atoms with van der Waals surface area (Å²) < 4.78 is 45.7. The van der Waals surface area contributed by atoms with Crippen molar-refractivity contribution in [2.45, 2.75) is 31.2 Å². The summed E-state index contributed by atoms with van der Waals surface area (Å²) in [5.74, 6) is -0.146. The molecule has 2 saturated heterocycles. The smallest absolute Gasteiger partial charge is 0.366 e. The van der Waals surface area contributed by atoms with Gasteiger partial charge in [0.2, 0.25) is 0 Å². The second-order valence-electron chi connectivity index (χ2n) is 6.36. The van der Waals surface area contributed by atoms with Gasteiger partial charge in [0, 0.05) is 32.4 Å². The van der Waals surface area contributed by atoms with E-state index in [0.29, 0.717) is 32.5 Å².